The van der Waals surface area contributed by atoms with Gasteiger partial charge in [0.05, 0.1) is 12.3 Å². The molecule has 2 aliphatic heterocycles. The van der Waals surface area contributed by atoms with Crippen LogP contribution >= 0.6 is 28.1 Å². The lowest BCUT2D eigenvalue weighted by Crippen LogP contribution is -2.60. The number of hydrogen-bond donors (Lipinski definition) is 4. The first-order valence-corrected chi connectivity index (χ1v) is 9.92. The predicted octanol–water partition coefficient (Wildman–Crippen LogP) is 1.53. The number of anilines is 1. The van der Waals surface area contributed by atoms with Crippen LogP contribution in [0.3, 0.4) is 0 Å². The number of nitrogens with one attached hydrogen (secondary N) is 2. The molecule has 0 aromatic heterocycles. The minimum absolute atomic E-state index is 0.102. The molecule has 1 spiro atoms. The Labute approximate surface area is 184 Å². The first-order valence-electron chi connectivity index (χ1n) is 8.72. The van der Waals surface area contributed by atoms with Gasteiger partial charge in [0.1, 0.15) is 11.3 Å². The van der Waals surface area contributed by atoms with Crippen molar-refractivity contribution in [1.29, 1.82) is 0 Å². The van der Waals surface area contributed by atoms with E-state index in [9.17, 15) is 24.6 Å². The molecule has 4 N–H and O–H groups in total. The second-order valence-electron chi connectivity index (χ2n) is 6.61. The van der Waals surface area contributed by atoms with Gasteiger partial charge in [0, 0.05) is 15.6 Å². The van der Waals surface area contributed by atoms with E-state index < -0.39 is 41.2 Å². The van der Waals surface area contributed by atoms with E-state index in [2.05, 4.69) is 26.6 Å². The molecule has 2 aromatic rings. The Bertz CT molecular complexity index is 1150. The molecule has 2 amide bonds. The highest BCUT2D eigenvalue weighted by molar-refractivity contribution is 9.10. The second kappa shape index (κ2) is 7.31. The minimum atomic E-state index is -2.09. The molecular formula is C20H14BrN3O5S. The van der Waals surface area contributed by atoms with Gasteiger partial charge in [-0.3, -0.25) is 24.6 Å². The number of Topliss-reactive ketones (excluding diaryl/α,β-unsaturated/α-hetero) is 1. The molecule has 0 aliphatic carbocycles. The molecule has 152 valence electrons. The fraction of sp³-hybridized carbons (Fsp3) is 0.100. The zero-order valence-electron chi connectivity index (χ0n) is 15.2. The number of hydrogen-bond acceptors (Lipinski definition) is 6. The maximum atomic E-state index is 13.1. The molecule has 4 rings (SSSR count). The van der Waals surface area contributed by atoms with Gasteiger partial charge < -0.3 is 15.5 Å². The summed E-state index contributed by atoms with van der Waals surface area (Å²) in [6, 6.07) is 12.7. The Balaban J connectivity index is 2.02. The number of thiocarbonyl (C=S) groups is 1. The first-order chi connectivity index (χ1) is 14.3. The van der Waals surface area contributed by atoms with E-state index in [0.717, 1.165) is 9.37 Å². The van der Waals surface area contributed by atoms with E-state index in [1.807, 2.05) is 0 Å². The molecule has 2 aromatic carbocycles. The van der Waals surface area contributed by atoms with Crippen molar-refractivity contribution in [3.8, 4) is 0 Å². The molecule has 2 aliphatic rings. The molecule has 8 nitrogen and oxygen atoms in total. The van der Waals surface area contributed by atoms with E-state index in [-0.39, 0.29) is 16.4 Å². The summed E-state index contributed by atoms with van der Waals surface area (Å²) < 4.78 is 0.740. The lowest BCUT2D eigenvalue weighted by Gasteiger charge is -2.33. The largest absolute Gasteiger partial charge is 0.507 e. The Morgan fingerprint density at radius 1 is 1.10 bits per heavy atom. The number of ketones is 1. The van der Waals surface area contributed by atoms with E-state index >= 15 is 0 Å². The number of rotatable bonds is 3. The highest BCUT2D eigenvalue weighted by Gasteiger charge is 2.65. The van der Waals surface area contributed by atoms with Crippen molar-refractivity contribution in [3.05, 3.63) is 69.7 Å². The maximum absolute atomic E-state index is 13.1. The Morgan fingerprint density at radius 3 is 2.37 bits per heavy atom. The SMILES string of the molecule is O=C1C(=O)N(c2ccccc2CO)C2(NC(=S)NC2=O)/C1=C(\O)c1ccc(Br)cc1. The Kier molecular flexibility index (Phi) is 4.92. The van der Waals surface area contributed by atoms with Crippen molar-refractivity contribution >= 4 is 62.3 Å². The molecule has 0 saturated carbocycles. The molecule has 0 bridgehead atoms. The van der Waals surface area contributed by atoms with Crippen LogP contribution in [0.5, 0.6) is 0 Å². The number of halogens is 1. The van der Waals surface area contributed by atoms with Crippen LogP contribution in [0.2, 0.25) is 0 Å². The second-order valence-corrected chi connectivity index (χ2v) is 7.93. The van der Waals surface area contributed by atoms with Crippen molar-refractivity contribution in [2.24, 2.45) is 0 Å². The van der Waals surface area contributed by atoms with Crippen molar-refractivity contribution < 1.29 is 24.6 Å². The molecular weight excluding hydrogens is 474 g/mol. The van der Waals surface area contributed by atoms with Gasteiger partial charge >= 0.3 is 5.91 Å². The van der Waals surface area contributed by atoms with Crippen molar-refractivity contribution in [2.45, 2.75) is 12.3 Å². The number of carbonyl (C=O) groups excluding carboxylic acids is 3. The zero-order chi connectivity index (χ0) is 21.6. The fourth-order valence-electron chi connectivity index (χ4n) is 3.60. The van der Waals surface area contributed by atoms with Crippen LogP contribution in [0.1, 0.15) is 11.1 Å². The molecule has 10 heteroatoms. The number of aliphatic hydroxyl groups excluding tert-OH is 2. The smallest absolute Gasteiger partial charge is 0.301 e. The van der Waals surface area contributed by atoms with Crippen LogP contribution in [0, 0.1) is 0 Å². The standard InChI is InChI=1S/C20H14BrN3O5S/c21-12-7-5-10(6-8-12)15(26)14-16(27)17(28)24(13-4-2-1-3-11(13)9-25)20(14)18(29)22-19(30)23-20/h1-8,25-26H,9H2,(H2,22,23,29,30)/b15-14-. The highest BCUT2D eigenvalue weighted by atomic mass is 79.9. The zero-order valence-corrected chi connectivity index (χ0v) is 17.6. The van der Waals surface area contributed by atoms with E-state index in [4.69, 9.17) is 12.2 Å². The van der Waals surface area contributed by atoms with Gasteiger partial charge in [-0.2, -0.15) is 0 Å². The molecule has 2 saturated heterocycles. The third kappa shape index (κ3) is 2.83. The summed E-state index contributed by atoms with van der Waals surface area (Å²) in [7, 11) is 0. The molecule has 2 heterocycles. The van der Waals surface area contributed by atoms with Gasteiger partial charge in [0.2, 0.25) is 5.66 Å². The minimum Gasteiger partial charge on any atom is -0.507 e. The van der Waals surface area contributed by atoms with Crippen molar-refractivity contribution in [3.63, 3.8) is 0 Å². The van der Waals surface area contributed by atoms with Crippen LogP contribution in [0.15, 0.2) is 58.6 Å². The number of aliphatic hydroxyl groups is 2. The van der Waals surface area contributed by atoms with Crippen LogP contribution < -0.4 is 15.5 Å². The number of amides is 2. The normalized spacial score (nSPS) is 22.5. The third-order valence-corrected chi connectivity index (χ3v) is 5.66. The quantitative estimate of drug-likeness (QED) is 0.224. The summed E-state index contributed by atoms with van der Waals surface area (Å²) in [4.78, 5) is 40.1. The predicted molar refractivity (Wildman–Crippen MR) is 115 cm³/mol. The Hall–Kier alpha value is -3.08. The number of para-hydroxylation sites is 1. The molecule has 1 atom stereocenters. The average Bonchev–Trinajstić information content (AvgIpc) is 3.14. The average molecular weight is 488 g/mol. The molecule has 1 unspecified atom stereocenters. The van der Waals surface area contributed by atoms with E-state index in [1.165, 1.54) is 18.2 Å². The highest BCUT2D eigenvalue weighted by Crippen LogP contribution is 2.42. The summed E-state index contributed by atoms with van der Waals surface area (Å²) >= 11 is 8.36. The lowest BCUT2D eigenvalue weighted by atomic mass is 9.94. The van der Waals surface area contributed by atoms with Crippen LogP contribution in [-0.4, -0.2) is 38.6 Å². The van der Waals surface area contributed by atoms with Gasteiger partial charge in [-0.1, -0.05) is 46.3 Å². The molecule has 30 heavy (non-hydrogen) atoms. The van der Waals surface area contributed by atoms with E-state index in [0.29, 0.717) is 5.56 Å². The topological polar surface area (TPSA) is 119 Å². The fourth-order valence-corrected chi connectivity index (χ4v) is 4.10. The summed E-state index contributed by atoms with van der Waals surface area (Å²) in [5, 5.41) is 25.7. The number of nitrogens with zero attached hydrogens (tertiary/aromatic N) is 1. The number of benzene rings is 2. The van der Waals surface area contributed by atoms with Crippen molar-refractivity contribution in [1.82, 2.24) is 10.6 Å². The molecule has 2 fully saturated rings. The maximum Gasteiger partial charge on any atom is 0.301 e. The third-order valence-electron chi connectivity index (χ3n) is 4.93. The Morgan fingerprint density at radius 2 is 1.77 bits per heavy atom. The van der Waals surface area contributed by atoms with Gasteiger partial charge in [-0.05, 0) is 30.4 Å². The lowest BCUT2D eigenvalue weighted by molar-refractivity contribution is -0.132. The molecule has 0 radical (unpaired) electrons. The van der Waals surface area contributed by atoms with Gasteiger partial charge in [0.25, 0.3) is 11.7 Å². The summed E-state index contributed by atoms with van der Waals surface area (Å²) in [5.74, 6) is -3.42. The first kappa shape index (κ1) is 20.2. The van der Waals surface area contributed by atoms with E-state index in [1.54, 1.807) is 30.3 Å². The van der Waals surface area contributed by atoms with Crippen LogP contribution in [0.4, 0.5) is 5.69 Å². The van der Waals surface area contributed by atoms with Crippen molar-refractivity contribution in [2.75, 3.05) is 4.90 Å². The van der Waals surface area contributed by atoms with Crippen LogP contribution in [-0.2, 0) is 21.0 Å². The van der Waals surface area contributed by atoms with Gasteiger partial charge in [0.15, 0.2) is 5.11 Å². The summed E-state index contributed by atoms with van der Waals surface area (Å²) in [5.41, 5.74) is -1.84. The monoisotopic (exact) mass is 487 g/mol. The number of carbonyl (C=O) groups is 3. The van der Waals surface area contributed by atoms with Crippen LogP contribution in [0.25, 0.3) is 5.76 Å². The summed E-state index contributed by atoms with van der Waals surface area (Å²) in [6.45, 7) is -0.436. The van der Waals surface area contributed by atoms with Gasteiger partial charge in [-0.15, -0.1) is 0 Å². The summed E-state index contributed by atoms with van der Waals surface area (Å²) in [6.07, 6.45) is 0. The van der Waals surface area contributed by atoms with Gasteiger partial charge in [-0.25, -0.2) is 0 Å².